The highest BCUT2D eigenvalue weighted by molar-refractivity contribution is 5.74. The van der Waals surface area contributed by atoms with Crippen LogP contribution in [0.25, 0.3) is 0 Å². The van der Waals surface area contributed by atoms with Crippen molar-refractivity contribution in [2.75, 3.05) is 6.54 Å². The van der Waals surface area contributed by atoms with Crippen molar-refractivity contribution in [1.82, 2.24) is 20.6 Å². The second-order valence-corrected chi connectivity index (χ2v) is 5.20. The zero-order valence-electron chi connectivity index (χ0n) is 13.0. The first-order valence-electron chi connectivity index (χ1n) is 7.55. The molecule has 2 heterocycles. The van der Waals surface area contributed by atoms with Crippen LogP contribution in [0, 0.1) is 6.92 Å². The Morgan fingerprint density at radius 2 is 2.00 bits per heavy atom. The fourth-order valence-electron chi connectivity index (χ4n) is 2.19. The first-order chi connectivity index (χ1) is 10.7. The van der Waals surface area contributed by atoms with E-state index in [9.17, 15) is 4.79 Å². The molecule has 0 aliphatic heterocycles. The quantitative estimate of drug-likeness (QED) is 0.861. The molecule has 0 aliphatic rings. The van der Waals surface area contributed by atoms with Gasteiger partial charge in [-0.25, -0.2) is 4.79 Å². The number of pyridine rings is 2. The predicted molar refractivity (Wildman–Crippen MR) is 86.5 cm³/mol. The summed E-state index contributed by atoms with van der Waals surface area (Å²) in [5, 5.41) is 5.87. The summed E-state index contributed by atoms with van der Waals surface area (Å²) in [4.78, 5) is 20.2. The van der Waals surface area contributed by atoms with Crippen LogP contribution in [0.15, 0.2) is 42.9 Å². The SMILES string of the molecule is CC[C@H](NC(=O)NCCc1ccc(C)nc1)c1ccncc1. The number of amides is 2. The van der Waals surface area contributed by atoms with Crippen LogP contribution in [0.1, 0.15) is 36.2 Å². The first kappa shape index (κ1) is 15.9. The summed E-state index contributed by atoms with van der Waals surface area (Å²) in [5.74, 6) is 0. The minimum absolute atomic E-state index is 0.00374. The number of rotatable bonds is 6. The summed E-state index contributed by atoms with van der Waals surface area (Å²) >= 11 is 0. The summed E-state index contributed by atoms with van der Waals surface area (Å²) in [6, 6.07) is 7.71. The number of hydrogen-bond donors (Lipinski definition) is 2. The van der Waals surface area contributed by atoms with E-state index in [1.807, 2.05) is 44.3 Å². The standard InChI is InChI=1S/C17H22N4O/c1-3-16(15-7-9-18-10-8-15)21-17(22)19-11-6-14-5-4-13(2)20-12-14/h4-5,7-10,12,16H,3,6,11H2,1-2H3,(H2,19,21,22)/t16-/m0/s1. The van der Waals surface area contributed by atoms with Crippen LogP contribution < -0.4 is 10.6 Å². The lowest BCUT2D eigenvalue weighted by Gasteiger charge is -2.17. The highest BCUT2D eigenvalue weighted by atomic mass is 16.2. The molecule has 1 atom stereocenters. The first-order valence-corrected chi connectivity index (χ1v) is 7.55. The van der Waals surface area contributed by atoms with Gasteiger partial charge in [-0.15, -0.1) is 0 Å². The van der Waals surface area contributed by atoms with Crippen molar-refractivity contribution in [3.63, 3.8) is 0 Å². The second kappa shape index (κ2) is 8.12. The van der Waals surface area contributed by atoms with E-state index in [-0.39, 0.29) is 12.1 Å². The Balaban J connectivity index is 1.78. The molecule has 2 rings (SSSR count). The monoisotopic (exact) mass is 298 g/mol. The third kappa shape index (κ3) is 4.84. The summed E-state index contributed by atoms with van der Waals surface area (Å²) in [7, 11) is 0. The molecule has 2 aromatic heterocycles. The van der Waals surface area contributed by atoms with Crippen LogP contribution in [0.3, 0.4) is 0 Å². The molecular weight excluding hydrogens is 276 g/mol. The average Bonchev–Trinajstić information content (AvgIpc) is 2.55. The van der Waals surface area contributed by atoms with E-state index in [0.29, 0.717) is 6.54 Å². The average molecular weight is 298 g/mol. The van der Waals surface area contributed by atoms with Gasteiger partial charge in [-0.05, 0) is 49.1 Å². The lowest BCUT2D eigenvalue weighted by Crippen LogP contribution is -2.38. The second-order valence-electron chi connectivity index (χ2n) is 5.20. The Labute approximate surface area is 131 Å². The molecule has 0 spiro atoms. The van der Waals surface area contributed by atoms with Crippen molar-refractivity contribution < 1.29 is 4.79 Å². The van der Waals surface area contributed by atoms with Crippen LogP contribution in [0.5, 0.6) is 0 Å². The van der Waals surface area contributed by atoms with Crippen LogP contribution in [0.2, 0.25) is 0 Å². The molecule has 0 bridgehead atoms. The fraction of sp³-hybridized carbons (Fsp3) is 0.353. The van der Waals surface area contributed by atoms with Crippen LogP contribution in [-0.4, -0.2) is 22.5 Å². The lowest BCUT2D eigenvalue weighted by molar-refractivity contribution is 0.237. The molecule has 2 amide bonds. The van der Waals surface area contributed by atoms with Crippen molar-refractivity contribution in [2.24, 2.45) is 0 Å². The molecule has 5 nitrogen and oxygen atoms in total. The highest BCUT2D eigenvalue weighted by Gasteiger charge is 2.11. The van der Waals surface area contributed by atoms with Crippen LogP contribution >= 0.6 is 0 Å². The number of carbonyl (C=O) groups excluding carboxylic acids is 1. The van der Waals surface area contributed by atoms with Gasteiger partial charge < -0.3 is 10.6 Å². The molecule has 2 aromatic rings. The third-order valence-corrected chi connectivity index (χ3v) is 3.49. The zero-order valence-corrected chi connectivity index (χ0v) is 13.0. The molecule has 0 aliphatic carbocycles. The Bertz CT molecular complexity index is 583. The van der Waals surface area contributed by atoms with E-state index in [4.69, 9.17) is 0 Å². The van der Waals surface area contributed by atoms with Gasteiger partial charge >= 0.3 is 6.03 Å². The van der Waals surface area contributed by atoms with E-state index < -0.39 is 0 Å². The van der Waals surface area contributed by atoms with Gasteiger partial charge in [0.05, 0.1) is 6.04 Å². The lowest BCUT2D eigenvalue weighted by atomic mass is 10.1. The van der Waals surface area contributed by atoms with E-state index in [1.54, 1.807) is 12.4 Å². The van der Waals surface area contributed by atoms with Crippen molar-refractivity contribution in [3.05, 3.63) is 59.7 Å². The number of hydrogen-bond acceptors (Lipinski definition) is 3. The summed E-state index contributed by atoms with van der Waals surface area (Å²) in [6.07, 6.45) is 6.93. The molecule has 0 fully saturated rings. The van der Waals surface area contributed by atoms with Gasteiger partial charge in [-0.2, -0.15) is 0 Å². The molecule has 116 valence electrons. The van der Waals surface area contributed by atoms with E-state index in [2.05, 4.69) is 20.6 Å². The van der Waals surface area contributed by atoms with Crippen molar-refractivity contribution in [2.45, 2.75) is 32.7 Å². The number of carbonyl (C=O) groups is 1. The van der Waals surface area contributed by atoms with Crippen LogP contribution in [-0.2, 0) is 6.42 Å². The smallest absolute Gasteiger partial charge is 0.315 e. The highest BCUT2D eigenvalue weighted by Crippen LogP contribution is 2.14. The van der Waals surface area contributed by atoms with Gasteiger partial charge in [0.25, 0.3) is 0 Å². The van der Waals surface area contributed by atoms with Crippen molar-refractivity contribution in [3.8, 4) is 0 Å². The minimum atomic E-state index is -0.149. The van der Waals surface area contributed by atoms with E-state index >= 15 is 0 Å². The molecule has 5 heteroatoms. The molecule has 0 aromatic carbocycles. The Kier molecular flexibility index (Phi) is 5.89. The number of nitrogens with one attached hydrogen (secondary N) is 2. The third-order valence-electron chi connectivity index (χ3n) is 3.49. The van der Waals surface area contributed by atoms with Crippen molar-refractivity contribution in [1.29, 1.82) is 0 Å². The van der Waals surface area contributed by atoms with Crippen molar-refractivity contribution >= 4 is 6.03 Å². The van der Waals surface area contributed by atoms with E-state index in [1.165, 1.54) is 0 Å². The Hall–Kier alpha value is -2.43. The molecule has 0 saturated heterocycles. The van der Waals surface area contributed by atoms with Gasteiger partial charge in [0.15, 0.2) is 0 Å². The summed E-state index contributed by atoms with van der Waals surface area (Å²) in [5.41, 5.74) is 3.18. The zero-order chi connectivity index (χ0) is 15.8. The molecule has 0 radical (unpaired) electrons. The minimum Gasteiger partial charge on any atom is -0.338 e. The van der Waals surface area contributed by atoms with E-state index in [0.717, 1.165) is 29.7 Å². The van der Waals surface area contributed by atoms with Gasteiger partial charge in [0.1, 0.15) is 0 Å². The number of aryl methyl sites for hydroxylation is 1. The molecule has 22 heavy (non-hydrogen) atoms. The molecule has 0 saturated carbocycles. The van der Waals surface area contributed by atoms with Gasteiger partial charge in [0, 0.05) is 30.8 Å². The molecule has 0 unspecified atom stereocenters. The molecular formula is C17H22N4O. The van der Waals surface area contributed by atoms with Crippen LogP contribution in [0.4, 0.5) is 4.79 Å². The van der Waals surface area contributed by atoms with Gasteiger partial charge in [0.2, 0.25) is 0 Å². The van der Waals surface area contributed by atoms with Gasteiger partial charge in [-0.3, -0.25) is 9.97 Å². The number of aromatic nitrogens is 2. The number of nitrogens with zero attached hydrogens (tertiary/aromatic N) is 2. The number of urea groups is 1. The Morgan fingerprint density at radius 1 is 1.23 bits per heavy atom. The molecule has 2 N–H and O–H groups in total. The fourth-order valence-corrected chi connectivity index (χ4v) is 2.19. The maximum absolute atomic E-state index is 12.0. The maximum atomic E-state index is 12.0. The summed E-state index contributed by atoms with van der Waals surface area (Å²) in [6.45, 7) is 4.59. The topological polar surface area (TPSA) is 66.9 Å². The van der Waals surface area contributed by atoms with Gasteiger partial charge in [-0.1, -0.05) is 13.0 Å². The summed E-state index contributed by atoms with van der Waals surface area (Å²) < 4.78 is 0. The Morgan fingerprint density at radius 3 is 2.64 bits per heavy atom. The normalized spacial score (nSPS) is 11.7. The predicted octanol–water partition coefficient (Wildman–Crippen LogP) is 2.78. The largest absolute Gasteiger partial charge is 0.338 e. The maximum Gasteiger partial charge on any atom is 0.315 e.